The smallest absolute Gasteiger partial charge is 0.124 e. The van der Waals surface area contributed by atoms with Crippen LogP contribution < -0.4 is 10.1 Å². The Morgan fingerprint density at radius 2 is 2.05 bits per heavy atom. The first-order valence-corrected chi connectivity index (χ1v) is 7.09. The van der Waals surface area contributed by atoms with E-state index >= 15 is 0 Å². The van der Waals surface area contributed by atoms with Gasteiger partial charge in [0, 0.05) is 24.1 Å². The molecule has 1 aliphatic rings. The fourth-order valence-electron chi connectivity index (χ4n) is 2.87. The molecular formula is C16H25NO2. The van der Waals surface area contributed by atoms with E-state index < -0.39 is 0 Å². The van der Waals surface area contributed by atoms with Crippen LogP contribution in [-0.4, -0.2) is 22.9 Å². The van der Waals surface area contributed by atoms with Crippen molar-refractivity contribution in [1.82, 2.24) is 5.32 Å². The first-order chi connectivity index (χ1) is 8.87. The molecule has 1 aromatic carbocycles. The van der Waals surface area contributed by atoms with Gasteiger partial charge in [0.2, 0.25) is 0 Å². The third kappa shape index (κ3) is 3.71. The van der Waals surface area contributed by atoms with Crippen molar-refractivity contribution in [1.29, 1.82) is 0 Å². The maximum absolute atomic E-state index is 9.49. The van der Waals surface area contributed by atoms with Crippen LogP contribution in [0.15, 0.2) is 24.3 Å². The Kier molecular flexibility index (Phi) is 4.16. The normalized spacial score (nSPS) is 24.2. The predicted molar refractivity (Wildman–Crippen MR) is 77.4 cm³/mol. The van der Waals surface area contributed by atoms with Crippen LogP contribution in [0.5, 0.6) is 5.75 Å². The van der Waals surface area contributed by atoms with Crippen LogP contribution in [0.1, 0.15) is 52.1 Å². The quantitative estimate of drug-likeness (QED) is 0.877. The number of aliphatic hydroxyl groups excluding tert-OH is 1. The molecule has 3 unspecified atom stereocenters. The maximum Gasteiger partial charge on any atom is 0.124 e. The van der Waals surface area contributed by atoms with E-state index in [2.05, 4.69) is 38.2 Å². The van der Waals surface area contributed by atoms with Gasteiger partial charge in [0.25, 0.3) is 0 Å². The Balaban J connectivity index is 2.16. The van der Waals surface area contributed by atoms with Gasteiger partial charge in [0.15, 0.2) is 0 Å². The van der Waals surface area contributed by atoms with Gasteiger partial charge < -0.3 is 15.2 Å². The topological polar surface area (TPSA) is 41.5 Å². The van der Waals surface area contributed by atoms with E-state index in [4.69, 9.17) is 4.74 Å². The average molecular weight is 263 g/mol. The van der Waals surface area contributed by atoms with E-state index in [-0.39, 0.29) is 23.8 Å². The molecule has 2 N–H and O–H groups in total. The Morgan fingerprint density at radius 3 is 2.74 bits per heavy atom. The molecule has 0 radical (unpaired) electrons. The molecule has 106 valence electrons. The van der Waals surface area contributed by atoms with E-state index in [1.165, 1.54) is 5.56 Å². The molecule has 3 nitrogen and oxygen atoms in total. The minimum absolute atomic E-state index is 0.156. The predicted octanol–water partition coefficient (Wildman–Crippen LogP) is 3.04. The van der Waals surface area contributed by atoms with E-state index in [1.54, 1.807) is 0 Å². The molecule has 1 aliphatic heterocycles. The summed E-state index contributed by atoms with van der Waals surface area (Å²) in [5.41, 5.74) is 1.07. The number of nitrogens with one attached hydrogen (secondary N) is 1. The third-order valence-corrected chi connectivity index (χ3v) is 3.56. The maximum atomic E-state index is 9.49. The molecule has 0 saturated heterocycles. The van der Waals surface area contributed by atoms with Gasteiger partial charge in [-0.25, -0.2) is 0 Å². The first-order valence-electron chi connectivity index (χ1n) is 7.09. The summed E-state index contributed by atoms with van der Waals surface area (Å²) in [4.78, 5) is 0. The van der Waals surface area contributed by atoms with Gasteiger partial charge in [0.05, 0.1) is 6.10 Å². The van der Waals surface area contributed by atoms with E-state index in [0.29, 0.717) is 0 Å². The molecule has 1 aromatic rings. The third-order valence-electron chi connectivity index (χ3n) is 3.56. The van der Waals surface area contributed by atoms with Gasteiger partial charge in [-0.15, -0.1) is 0 Å². The highest BCUT2D eigenvalue weighted by Gasteiger charge is 2.33. The summed E-state index contributed by atoms with van der Waals surface area (Å²) >= 11 is 0. The second kappa shape index (κ2) is 5.51. The van der Waals surface area contributed by atoms with Gasteiger partial charge >= 0.3 is 0 Å². The van der Waals surface area contributed by atoms with Crippen LogP contribution >= 0.6 is 0 Å². The summed E-state index contributed by atoms with van der Waals surface area (Å²) in [6.45, 7) is 8.20. The minimum atomic E-state index is -0.273. The summed E-state index contributed by atoms with van der Waals surface area (Å²) < 4.78 is 6.02. The zero-order chi connectivity index (χ0) is 14.0. The molecule has 0 aromatic heterocycles. The van der Waals surface area contributed by atoms with Crippen LogP contribution in [0, 0.1) is 0 Å². The standard InChI is InChI=1S/C16H25NO2/c1-11(9-12(2)18)17-14-10-16(3,4)19-15-8-6-5-7-13(14)15/h5-8,11-12,14,17-18H,9-10H2,1-4H3. The minimum Gasteiger partial charge on any atom is -0.487 e. The van der Waals surface area contributed by atoms with Gasteiger partial charge in [-0.3, -0.25) is 0 Å². The zero-order valence-electron chi connectivity index (χ0n) is 12.3. The van der Waals surface area contributed by atoms with Crippen LogP contribution in [0.25, 0.3) is 0 Å². The van der Waals surface area contributed by atoms with Crippen molar-refractivity contribution in [3.05, 3.63) is 29.8 Å². The lowest BCUT2D eigenvalue weighted by Gasteiger charge is -2.39. The Morgan fingerprint density at radius 1 is 1.37 bits per heavy atom. The van der Waals surface area contributed by atoms with Crippen molar-refractivity contribution in [2.45, 2.75) is 64.3 Å². The highest BCUT2D eigenvalue weighted by Crippen LogP contribution is 2.39. The van der Waals surface area contributed by atoms with Crippen molar-refractivity contribution < 1.29 is 9.84 Å². The highest BCUT2D eigenvalue weighted by atomic mass is 16.5. The molecule has 19 heavy (non-hydrogen) atoms. The zero-order valence-corrected chi connectivity index (χ0v) is 12.3. The number of para-hydroxylation sites is 1. The highest BCUT2D eigenvalue weighted by molar-refractivity contribution is 5.38. The van der Waals surface area contributed by atoms with Crippen LogP contribution in [0.4, 0.5) is 0 Å². The SMILES string of the molecule is CC(O)CC(C)NC1CC(C)(C)Oc2ccccc21. The van der Waals surface area contributed by atoms with Crippen molar-refractivity contribution in [3.63, 3.8) is 0 Å². The second-order valence-electron chi connectivity index (χ2n) is 6.31. The Hall–Kier alpha value is -1.06. The summed E-state index contributed by atoms with van der Waals surface area (Å²) in [5.74, 6) is 0.973. The first kappa shape index (κ1) is 14.4. The van der Waals surface area contributed by atoms with E-state index in [9.17, 15) is 5.11 Å². The summed E-state index contributed by atoms with van der Waals surface area (Å²) in [7, 11) is 0. The van der Waals surface area contributed by atoms with E-state index in [1.807, 2.05) is 19.1 Å². The average Bonchev–Trinajstić information content (AvgIpc) is 2.26. The van der Waals surface area contributed by atoms with Gasteiger partial charge in [0.1, 0.15) is 11.4 Å². The monoisotopic (exact) mass is 263 g/mol. The molecule has 0 amide bonds. The molecule has 0 bridgehead atoms. The lowest BCUT2D eigenvalue weighted by molar-refractivity contribution is 0.0622. The van der Waals surface area contributed by atoms with Crippen LogP contribution in [0.2, 0.25) is 0 Å². The molecule has 0 saturated carbocycles. The lowest BCUT2D eigenvalue weighted by atomic mass is 9.89. The van der Waals surface area contributed by atoms with Crippen LogP contribution in [0.3, 0.4) is 0 Å². The largest absolute Gasteiger partial charge is 0.487 e. The Labute approximate surface area is 116 Å². The molecule has 0 spiro atoms. The number of hydrogen-bond acceptors (Lipinski definition) is 3. The number of benzene rings is 1. The number of hydrogen-bond donors (Lipinski definition) is 2. The van der Waals surface area contributed by atoms with Gasteiger partial charge in [-0.05, 0) is 40.2 Å². The van der Waals surface area contributed by atoms with Crippen molar-refractivity contribution >= 4 is 0 Å². The summed E-state index contributed by atoms with van der Waals surface area (Å²) in [5, 5.41) is 13.1. The second-order valence-corrected chi connectivity index (χ2v) is 6.31. The molecule has 3 atom stereocenters. The van der Waals surface area contributed by atoms with Gasteiger partial charge in [-0.1, -0.05) is 18.2 Å². The summed E-state index contributed by atoms with van der Waals surface area (Å²) in [6, 6.07) is 8.78. The summed E-state index contributed by atoms with van der Waals surface area (Å²) in [6.07, 6.45) is 1.43. The molecule has 0 aliphatic carbocycles. The Bertz CT molecular complexity index is 429. The molecule has 1 heterocycles. The van der Waals surface area contributed by atoms with Crippen molar-refractivity contribution in [2.24, 2.45) is 0 Å². The van der Waals surface area contributed by atoms with Crippen LogP contribution in [-0.2, 0) is 0 Å². The van der Waals surface area contributed by atoms with Crippen molar-refractivity contribution in [3.8, 4) is 5.75 Å². The molecule has 2 rings (SSSR count). The fraction of sp³-hybridized carbons (Fsp3) is 0.625. The van der Waals surface area contributed by atoms with Crippen molar-refractivity contribution in [2.75, 3.05) is 0 Å². The number of rotatable bonds is 4. The molecule has 3 heteroatoms. The number of ether oxygens (including phenoxy) is 1. The van der Waals surface area contributed by atoms with E-state index in [0.717, 1.165) is 18.6 Å². The number of fused-ring (bicyclic) bond motifs is 1. The fourth-order valence-corrected chi connectivity index (χ4v) is 2.87. The lowest BCUT2D eigenvalue weighted by Crippen LogP contribution is -2.42. The van der Waals surface area contributed by atoms with Gasteiger partial charge in [-0.2, -0.15) is 0 Å². The number of aliphatic hydroxyl groups is 1. The molecular weight excluding hydrogens is 238 g/mol. The molecule has 0 fully saturated rings.